The van der Waals surface area contributed by atoms with E-state index in [9.17, 15) is 28.8 Å². The Kier molecular flexibility index (Phi) is 10.5. The fraction of sp³-hybridized carbons (Fsp3) is 0.667. The maximum atomic E-state index is 13.2. The van der Waals surface area contributed by atoms with Crippen molar-refractivity contribution < 1.29 is 24.0 Å². The van der Waals surface area contributed by atoms with E-state index in [-0.39, 0.29) is 42.9 Å². The smallest absolute Gasteiger partial charge is 0.287 e. The summed E-state index contributed by atoms with van der Waals surface area (Å²) in [4.78, 5) is 76.0. The highest BCUT2D eigenvalue weighted by atomic mass is 16.2. The molecule has 4 aliphatic carbocycles. The van der Waals surface area contributed by atoms with Crippen LogP contribution >= 0.6 is 0 Å². The van der Waals surface area contributed by atoms with E-state index in [1.54, 1.807) is 20.0 Å². The van der Waals surface area contributed by atoms with Gasteiger partial charge in [-0.3, -0.25) is 28.8 Å². The van der Waals surface area contributed by atoms with Crippen LogP contribution in [0.5, 0.6) is 0 Å². The maximum Gasteiger partial charge on any atom is 0.287 e. The van der Waals surface area contributed by atoms with Gasteiger partial charge in [-0.25, -0.2) is 0 Å². The number of Topliss-reactive ketones (excluding diaryl/α,β-unsaturated/α-hetero) is 1. The molecule has 0 aromatic carbocycles. The van der Waals surface area contributed by atoms with E-state index in [0.717, 1.165) is 11.8 Å². The molecule has 0 unspecified atom stereocenters. The Morgan fingerprint density at radius 1 is 0.952 bits per heavy atom. The topological polar surface area (TPSA) is 168 Å². The normalized spacial score (nSPS) is 25.3. The Balaban J connectivity index is 1.40. The lowest BCUT2D eigenvalue weighted by molar-refractivity contribution is -0.138. The van der Waals surface area contributed by atoms with Gasteiger partial charge in [-0.15, -0.1) is 0 Å². The van der Waals surface area contributed by atoms with Crippen LogP contribution in [0.4, 0.5) is 5.69 Å². The number of ketones is 1. The molecule has 12 nitrogen and oxygen atoms in total. The van der Waals surface area contributed by atoms with Crippen molar-refractivity contribution in [1.29, 1.82) is 0 Å². The quantitative estimate of drug-likeness (QED) is 0.199. The molecule has 5 rings (SSSR count). The van der Waals surface area contributed by atoms with Crippen molar-refractivity contribution in [2.45, 2.75) is 76.9 Å². The van der Waals surface area contributed by atoms with Crippen LogP contribution in [0.1, 0.15) is 58.3 Å². The standard InChI is InChI=1S/C30H44N6O6/c1-17(8-9-31-2)27(39)33-22(6-7-24(37)29(41)32-3)28(40)34-23-5-4-10-36(30(23)42)16-25(38)35-26-20-12-18-11-19(14-20)15-21(26)13-18/h4-5,10,17-22,26,31H,6-9,11-16H2,1-3H3,(H,32,41)(H,33,39)(H,34,40)(H,35,38)/t17-,18?,19?,20?,21?,22+,26?/m1/s1. The van der Waals surface area contributed by atoms with Gasteiger partial charge in [-0.2, -0.15) is 0 Å². The summed E-state index contributed by atoms with van der Waals surface area (Å²) in [6.07, 6.45) is 7.62. The van der Waals surface area contributed by atoms with Gasteiger partial charge in [-0.1, -0.05) is 6.92 Å². The van der Waals surface area contributed by atoms with Gasteiger partial charge in [0.2, 0.25) is 23.5 Å². The molecular weight excluding hydrogens is 540 g/mol. The first kappa shape index (κ1) is 31.4. The molecule has 5 N–H and O–H groups in total. The molecule has 1 aromatic heterocycles. The van der Waals surface area contributed by atoms with E-state index < -0.39 is 35.1 Å². The van der Waals surface area contributed by atoms with Gasteiger partial charge in [0.25, 0.3) is 11.5 Å². The van der Waals surface area contributed by atoms with Crippen LogP contribution < -0.4 is 32.1 Å². The number of rotatable bonds is 14. The molecule has 4 bridgehead atoms. The third-order valence-electron chi connectivity index (χ3n) is 9.19. The highest BCUT2D eigenvalue weighted by Gasteiger charge is 2.48. The van der Waals surface area contributed by atoms with Crippen molar-refractivity contribution in [3.8, 4) is 0 Å². The fourth-order valence-corrected chi connectivity index (χ4v) is 7.13. The second-order valence-corrected chi connectivity index (χ2v) is 12.3. The first-order chi connectivity index (χ1) is 20.1. The van der Waals surface area contributed by atoms with Gasteiger partial charge < -0.3 is 31.2 Å². The molecule has 2 atom stereocenters. The van der Waals surface area contributed by atoms with Crippen LogP contribution in [0.15, 0.2) is 23.1 Å². The van der Waals surface area contributed by atoms with Crippen LogP contribution in [0, 0.1) is 29.6 Å². The third-order valence-corrected chi connectivity index (χ3v) is 9.19. The number of anilines is 1. The lowest BCUT2D eigenvalue weighted by Crippen LogP contribution is -2.56. The average molecular weight is 585 g/mol. The number of hydrogen-bond donors (Lipinski definition) is 5. The van der Waals surface area contributed by atoms with E-state index in [1.165, 1.54) is 56.0 Å². The van der Waals surface area contributed by atoms with Crippen LogP contribution in [-0.4, -0.2) is 66.7 Å². The van der Waals surface area contributed by atoms with Crippen molar-refractivity contribution in [3.05, 3.63) is 28.7 Å². The Hall–Kier alpha value is -3.54. The molecule has 1 heterocycles. The summed E-state index contributed by atoms with van der Waals surface area (Å²) >= 11 is 0. The minimum atomic E-state index is -1.16. The van der Waals surface area contributed by atoms with Crippen LogP contribution in [-0.2, 0) is 30.5 Å². The minimum Gasteiger partial charge on any atom is -0.353 e. The van der Waals surface area contributed by atoms with Gasteiger partial charge in [0.05, 0.1) is 0 Å². The molecule has 230 valence electrons. The number of hydrogen-bond acceptors (Lipinski definition) is 7. The van der Waals surface area contributed by atoms with Gasteiger partial charge in [0.1, 0.15) is 18.3 Å². The molecule has 0 aliphatic heterocycles. The number of carbonyl (C=O) groups excluding carboxylic acids is 5. The third kappa shape index (κ3) is 7.64. The molecule has 0 spiro atoms. The highest BCUT2D eigenvalue weighted by Crippen LogP contribution is 2.53. The van der Waals surface area contributed by atoms with Gasteiger partial charge in [-0.05, 0) is 94.3 Å². The molecule has 4 aliphatic rings. The number of nitrogens with one attached hydrogen (secondary N) is 5. The number of likely N-dealkylation sites (N-methyl/N-ethyl adjacent to an activating group) is 1. The molecule has 0 radical (unpaired) electrons. The highest BCUT2D eigenvalue weighted by molar-refractivity contribution is 6.36. The van der Waals surface area contributed by atoms with Crippen molar-refractivity contribution in [1.82, 2.24) is 25.8 Å². The molecule has 12 heteroatoms. The lowest BCUT2D eigenvalue weighted by Gasteiger charge is -2.54. The van der Waals surface area contributed by atoms with Crippen LogP contribution in [0.25, 0.3) is 0 Å². The van der Waals surface area contributed by atoms with Crippen molar-refractivity contribution in [2.24, 2.45) is 29.6 Å². The molecule has 42 heavy (non-hydrogen) atoms. The summed E-state index contributed by atoms with van der Waals surface area (Å²) < 4.78 is 1.25. The molecule has 4 amide bonds. The van der Waals surface area contributed by atoms with Gasteiger partial charge in [0, 0.05) is 31.6 Å². The lowest BCUT2D eigenvalue weighted by atomic mass is 9.54. The second-order valence-electron chi connectivity index (χ2n) is 12.3. The zero-order valence-electron chi connectivity index (χ0n) is 24.7. The molecule has 0 saturated heterocycles. The maximum absolute atomic E-state index is 13.2. The number of carbonyl (C=O) groups is 5. The Labute approximate surface area is 246 Å². The number of amides is 4. The summed E-state index contributed by atoms with van der Waals surface area (Å²) in [7, 11) is 3.10. The van der Waals surface area contributed by atoms with Gasteiger partial charge >= 0.3 is 0 Å². The zero-order chi connectivity index (χ0) is 30.4. The predicted molar refractivity (Wildman–Crippen MR) is 156 cm³/mol. The monoisotopic (exact) mass is 584 g/mol. The molecule has 4 fully saturated rings. The van der Waals surface area contributed by atoms with Gasteiger partial charge in [0.15, 0.2) is 0 Å². The predicted octanol–water partition coefficient (Wildman–Crippen LogP) is 0.553. The summed E-state index contributed by atoms with van der Waals surface area (Å²) in [5.74, 6) is -0.638. The summed E-state index contributed by atoms with van der Waals surface area (Å²) in [5.41, 5.74) is -0.606. The largest absolute Gasteiger partial charge is 0.353 e. The van der Waals surface area contributed by atoms with Crippen LogP contribution in [0.2, 0.25) is 0 Å². The summed E-state index contributed by atoms with van der Waals surface area (Å²) in [5, 5.41) is 13.6. The van der Waals surface area contributed by atoms with E-state index >= 15 is 0 Å². The molecular formula is C30H44N6O6. The van der Waals surface area contributed by atoms with E-state index in [0.29, 0.717) is 24.8 Å². The summed E-state index contributed by atoms with van der Waals surface area (Å²) in [6, 6.07) is 1.99. The molecule has 1 aromatic rings. The Bertz CT molecular complexity index is 1220. The van der Waals surface area contributed by atoms with E-state index in [2.05, 4.69) is 26.6 Å². The first-order valence-electron chi connectivity index (χ1n) is 15.1. The number of pyridine rings is 1. The first-order valence-corrected chi connectivity index (χ1v) is 15.1. The van der Waals surface area contributed by atoms with Crippen LogP contribution in [0.3, 0.4) is 0 Å². The number of aromatic nitrogens is 1. The van der Waals surface area contributed by atoms with E-state index in [4.69, 9.17) is 0 Å². The average Bonchev–Trinajstić information content (AvgIpc) is 2.96. The second kappa shape index (κ2) is 14.1. The van der Waals surface area contributed by atoms with Crippen molar-refractivity contribution in [3.63, 3.8) is 0 Å². The van der Waals surface area contributed by atoms with Crippen molar-refractivity contribution in [2.75, 3.05) is 26.0 Å². The Morgan fingerprint density at radius 3 is 2.24 bits per heavy atom. The van der Waals surface area contributed by atoms with Crippen molar-refractivity contribution >= 4 is 35.1 Å². The Morgan fingerprint density at radius 2 is 1.62 bits per heavy atom. The minimum absolute atomic E-state index is 0.0509. The zero-order valence-corrected chi connectivity index (χ0v) is 24.7. The van der Waals surface area contributed by atoms with E-state index in [1.807, 2.05) is 0 Å². The summed E-state index contributed by atoms with van der Waals surface area (Å²) in [6.45, 7) is 2.15. The SMILES string of the molecule is CNCC[C@@H](C)C(=O)N[C@@H](CCC(=O)C(=O)NC)C(=O)Nc1cccn(CC(=O)NC2C3CC4CC(C3)CC2C4)c1=O. The fourth-order valence-electron chi connectivity index (χ4n) is 7.13. The number of nitrogens with zero attached hydrogens (tertiary/aromatic N) is 1. The molecule has 4 saturated carbocycles.